The van der Waals surface area contributed by atoms with Crippen LogP contribution in [0, 0.1) is 5.92 Å². The third kappa shape index (κ3) is 2.52. The molecule has 0 aromatic carbocycles. The summed E-state index contributed by atoms with van der Waals surface area (Å²) in [4.78, 5) is 0. The highest BCUT2D eigenvalue weighted by atomic mass is 16.5. The molecule has 0 amide bonds. The van der Waals surface area contributed by atoms with E-state index in [4.69, 9.17) is 4.74 Å². The normalized spacial score (nSPS) is 39.2. The van der Waals surface area contributed by atoms with Crippen molar-refractivity contribution in [1.29, 1.82) is 0 Å². The Kier molecular flexibility index (Phi) is 3.65. The first-order valence-corrected chi connectivity index (χ1v) is 6.22. The lowest BCUT2D eigenvalue weighted by Gasteiger charge is -2.43. The Morgan fingerprint density at radius 2 is 1.73 bits per heavy atom. The molecule has 2 aliphatic rings. The SMILES string of the molecule is CNC1CCC(O)(C2CCOCC2)CC1. The number of rotatable bonds is 2. The second-order valence-electron chi connectivity index (χ2n) is 5.05. The van der Waals surface area contributed by atoms with Gasteiger partial charge in [0.05, 0.1) is 5.60 Å². The van der Waals surface area contributed by atoms with Gasteiger partial charge >= 0.3 is 0 Å². The van der Waals surface area contributed by atoms with Gasteiger partial charge in [-0.2, -0.15) is 0 Å². The van der Waals surface area contributed by atoms with Crippen molar-refractivity contribution in [2.24, 2.45) is 5.92 Å². The highest BCUT2D eigenvalue weighted by molar-refractivity contribution is 4.93. The zero-order chi connectivity index (χ0) is 10.7. The van der Waals surface area contributed by atoms with Gasteiger partial charge in [0.1, 0.15) is 0 Å². The smallest absolute Gasteiger partial charge is 0.0678 e. The molecule has 1 saturated carbocycles. The maximum absolute atomic E-state index is 10.6. The summed E-state index contributed by atoms with van der Waals surface area (Å²) >= 11 is 0. The second kappa shape index (κ2) is 4.81. The van der Waals surface area contributed by atoms with Gasteiger partial charge in [-0.3, -0.25) is 0 Å². The molecule has 88 valence electrons. The highest BCUT2D eigenvalue weighted by Crippen LogP contribution is 2.38. The van der Waals surface area contributed by atoms with E-state index in [9.17, 15) is 5.11 Å². The molecule has 0 atom stereocenters. The van der Waals surface area contributed by atoms with Crippen LogP contribution in [0.4, 0.5) is 0 Å². The van der Waals surface area contributed by atoms with Crippen molar-refractivity contribution in [2.75, 3.05) is 20.3 Å². The van der Waals surface area contributed by atoms with Crippen LogP contribution >= 0.6 is 0 Å². The van der Waals surface area contributed by atoms with Crippen molar-refractivity contribution in [1.82, 2.24) is 5.32 Å². The summed E-state index contributed by atoms with van der Waals surface area (Å²) in [5.74, 6) is 0.476. The highest BCUT2D eigenvalue weighted by Gasteiger charge is 2.40. The van der Waals surface area contributed by atoms with Crippen LogP contribution in [0.5, 0.6) is 0 Å². The van der Waals surface area contributed by atoms with Crippen LogP contribution in [0.3, 0.4) is 0 Å². The summed E-state index contributed by atoms with van der Waals surface area (Å²) in [5, 5.41) is 13.9. The Morgan fingerprint density at radius 1 is 1.13 bits per heavy atom. The van der Waals surface area contributed by atoms with E-state index < -0.39 is 5.60 Å². The minimum absolute atomic E-state index is 0.392. The summed E-state index contributed by atoms with van der Waals surface area (Å²) in [6.45, 7) is 1.67. The molecule has 3 nitrogen and oxygen atoms in total. The van der Waals surface area contributed by atoms with E-state index in [-0.39, 0.29) is 0 Å². The maximum Gasteiger partial charge on any atom is 0.0678 e. The molecule has 2 fully saturated rings. The summed E-state index contributed by atoms with van der Waals surface area (Å²) in [5.41, 5.74) is -0.392. The summed E-state index contributed by atoms with van der Waals surface area (Å²) < 4.78 is 5.35. The third-order valence-corrected chi connectivity index (χ3v) is 4.24. The molecule has 0 unspecified atom stereocenters. The molecule has 0 aromatic rings. The van der Waals surface area contributed by atoms with Crippen molar-refractivity contribution < 1.29 is 9.84 Å². The predicted molar refractivity (Wildman–Crippen MR) is 59.8 cm³/mol. The van der Waals surface area contributed by atoms with Gasteiger partial charge in [-0.15, -0.1) is 0 Å². The van der Waals surface area contributed by atoms with Gasteiger partial charge in [0.25, 0.3) is 0 Å². The molecule has 0 aromatic heterocycles. The number of nitrogens with one attached hydrogen (secondary N) is 1. The topological polar surface area (TPSA) is 41.5 Å². The minimum Gasteiger partial charge on any atom is -0.390 e. The molecule has 1 saturated heterocycles. The van der Waals surface area contributed by atoms with Crippen molar-refractivity contribution in [3.8, 4) is 0 Å². The van der Waals surface area contributed by atoms with E-state index in [1.54, 1.807) is 0 Å². The van der Waals surface area contributed by atoms with Crippen LogP contribution in [0.1, 0.15) is 38.5 Å². The van der Waals surface area contributed by atoms with E-state index >= 15 is 0 Å². The molecular weight excluding hydrogens is 190 g/mol. The van der Waals surface area contributed by atoms with Crippen LogP contribution in [0.15, 0.2) is 0 Å². The van der Waals surface area contributed by atoms with Crippen molar-refractivity contribution in [3.63, 3.8) is 0 Å². The van der Waals surface area contributed by atoms with E-state index in [0.717, 1.165) is 51.7 Å². The zero-order valence-corrected chi connectivity index (χ0v) is 9.67. The largest absolute Gasteiger partial charge is 0.390 e. The summed E-state index contributed by atoms with van der Waals surface area (Å²) in [6, 6.07) is 0.616. The lowest BCUT2D eigenvalue weighted by molar-refractivity contribution is -0.0896. The van der Waals surface area contributed by atoms with Crippen molar-refractivity contribution in [3.05, 3.63) is 0 Å². The van der Waals surface area contributed by atoms with E-state index in [0.29, 0.717) is 12.0 Å². The standard InChI is InChI=1S/C12H23NO2/c1-13-11-2-6-12(14,7-3-11)10-4-8-15-9-5-10/h10-11,13-14H,2-9H2,1H3. The van der Waals surface area contributed by atoms with Crippen LogP contribution in [0.25, 0.3) is 0 Å². The van der Waals surface area contributed by atoms with Gasteiger partial charge in [-0.1, -0.05) is 0 Å². The lowest BCUT2D eigenvalue weighted by atomic mass is 9.71. The monoisotopic (exact) mass is 213 g/mol. The third-order valence-electron chi connectivity index (χ3n) is 4.24. The Bertz CT molecular complexity index is 194. The Balaban J connectivity index is 1.89. The predicted octanol–water partition coefficient (Wildman–Crippen LogP) is 1.31. The van der Waals surface area contributed by atoms with E-state index in [2.05, 4.69) is 5.32 Å². The lowest BCUT2D eigenvalue weighted by Crippen LogP contribution is -2.46. The second-order valence-corrected chi connectivity index (χ2v) is 5.05. The molecule has 2 rings (SSSR count). The molecule has 3 heteroatoms. The Hall–Kier alpha value is -0.120. The van der Waals surface area contributed by atoms with Gasteiger partial charge in [-0.25, -0.2) is 0 Å². The molecule has 1 aliphatic carbocycles. The minimum atomic E-state index is -0.392. The first kappa shape index (κ1) is 11.4. The summed E-state index contributed by atoms with van der Waals surface area (Å²) in [7, 11) is 2.02. The first-order chi connectivity index (χ1) is 7.24. The van der Waals surface area contributed by atoms with Crippen molar-refractivity contribution in [2.45, 2.75) is 50.2 Å². The number of ether oxygens (including phenoxy) is 1. The molecule has 15 heavy (non-hydrogen) atoms. The summed E-state index contributed by atoms with van der Waals surface area (Å²) in [6.07, 6.45) is 6.24. The van der Waals surface area contributed by atoms with Crippen LogP contribution in [0.2, 0.25) is 0 Å². The average molecular weight is 213 g/mol. The molecule has 1 aliphatic heterocycles. The first-order valence-electron chi connectivity index (χ1n) is 6.22. The fourth-order valence-electron chi connectivity index (χ4n) is 3.05. The van der Waals surface area contributed by atoms with Crippen LogP contribution < -0.4 is 5.32 Å². The van der Waals surface area contributed by atoms with Gasteiger partial charge < -0.3 is 15.2 Å². The zero-order valence-electron chi connectivity index (χ0n) is 9.67. The van der Waals surface area contributed by atoms with E-state index in [1.807, 2.05) is 7.05 Å². The Labute approximate surface area is 92.2 Å². The fourth-order valence-corrected chi connectivity index (χ4v) is 3.05. The van der Waals surface area contributed by atoms with Gasteiger partial charge in [0, 0.05) is 19.3 Å². The van der Waals surface area contributed by atoms with Gasteiger partial charge in [-0.05, 0) is 51.5 Å². The molecule has 0 spiro atoms. The quantitative estimate of drug-likeness (QED) is 0.726. The fraction of sp³-hybridized carbons (Fsp3) is 1.00. The van der Waals surface area contributed by atoms with Crippen LogP contribution in [-0.4, -0.2) is 37.0 Å². The van der Waals surface area contributed by atoms with Crippen LogP contribution in [-0.2, 0) is 4.74 Å². The van der Waals surface area contributed by atoms with Crippen molar-refractivity contribution >= 4 is 0 Å². The Morgan fingerprint density at radius 3 is 2.27 bits per heavy atom. The van der Waals surface area contributed by atoms with Gasteiger partial charge in [0.2, 0.25) is 0 Å². The average Bonchev–Trinajstić information content (AvgIpc) is 2.31. The number of hydrogen-bond donors (Lipinski definition) is 2. The number of hydrogen-bond acceptors (Lipinski definition) is 3. The molecule has 1 heterocycles. The molecule has 2 N–H and O–H groups in total. The molecular formula is C12H23NO2. The maximum atomic E-state index is 10.6. The van der Waals surface area contributed by atoms with E-state index in [1.165, 1.54) is 0 Å². The molecule has 0 bridgehead atoms. The van der Waals surface area contributed by atoms with Gasteiger partial charge in [0.15, 0.2) is 0 Å². The number of aliphatic hydroxyl groups is 1. The molecule has 0 radical (unpaired) electrons.